The van der Waals surface area contributed by atoms with Crippen molar-refractivity contribution in [2.45, 2.75) is 19.8 Å². The number of thioether (sulfide) groups is 1. The predicted molar refractivity (Wildman–Crippen MR) is 91.4 cm³/mol. The molecule has 1 N–H and O–H groups in total. The fourth-order valence-electron chi connectivity index (χ4n) is 2.58. The van der Waals surface area contributed by atoms with Crippen molar-refractivity contribution in [3.63, 3.8) is 0 Å². The van der Waals surface area contributed by atoms with E-state index in [0.29, 0.717) is 16.1 Å². The first-order valence-corrected chi connectivity index (χ1v) is 8.57. The van der Waals surface area contributed by atoms with Crippen LogP contribution in [0.5, 0.6) is 0 Å². The molecule has 1 heterocycles. The topological polar surface area (TPSA) is 51.4 Å². The van der Waals surface area contributed by atoms with Crippen LogP contribution in [0, 0.1) is 17.4 Å². The SMILES string of the molecule is CSC(=Nc1cccc(Cl)c1N1CCCC(C)C1)NC#N. The fraction of sp³-hybridized carbons (Fsp3) is 0.467. The summed E-state index contributed by atoms with van der Waals surface area (Å²) in [5, 5.41) is 12.6. The maximum atomic E-state index is 8.76. The predicted octanol–water partition coefficient (Wildman–Crippen LogP) is 4.00. The summed E-state index contributed by atoms with van der Waals surface area (Å²) < 4.78 is 0. The molecule has 1 fully saturated rings. The van der Waals surface area contributed by atoms with E-state index in [2.05, 4.69) is 22.1 Å². The van der Waals surface area contributed by atoms with Gasteiger partial charge in [-0.1, -0.05) is 36.4 Å². The lowest BCUT2D eigenvalue weighted by atomic mass is 9.99. The van der Waals surface area contributed by atoms with Crippen molar-refractivity contribution < 1.29 is 0 Å². The molecule has 0 bridgehead atoms. The first kappa shape index (κ1) is 16.0. The number of piperidine rings is 1. The number of hydrogen-bond acceptors (Lipinski definition) is 4. The molecule has 1 aliphatic rings. The molecule has 0 aromatic heterocycles. The fourth-order valence-corrected chi connectivity index (χ4v) is 3.21. The molecular formula is C15H19ClN4S. The van der Waals surface area contributed by atoms with Crippen LogP contribution in [0.3, 0.4) is 0 Å². The number of nitrogens with zero attached hydrogens (tertiary/aromatic N) is 3. The molecule has 1 aromatic carbocycles. The molecule has 0 amide bonds. The van der Waals surface area contributed by atoms with Gasteiger partial charge >= 0.3 is 0 Å². The Kier molecular flexibility index (Phi) is 5.77. The van der Waals surface area contributed by atoms with E-state index >= 15 is 0 Å². The average Bonchev–Trinajstić information content (AvgIpc) is 2.47. The van der Waals surface area contributed by atoms with E-state index in [1.54, 1.807) is 0 Å². The van der Waals surface area contributed by atoms with E-state index in [1.165, 1.54) is 24.6 Å². The Morgan fingerprint density at radius 1 is 1.57 bits per heavy atom. The first-order valence-electron chi connectivity index (χ1n) is 6.97. The zero-order valence-electron chi connectivity index (χ0n) is 12.3. The van der Waals surface area contributed by atoms with Crippen LogP contribution >= 0.6 is 23.4 Å². The number of nitrogens with one attached hydrogen (secondary N) is 1. The minimum absolute atomic E-state index is 0.575. The summed E-state index contributed by atoms with van der Waals surface area (Å²) in [6.07, 6.45) is 6.22. The maximum absolute atomic E-state index is 8.76. The average molecular weight is 323 g/mol. The standard InChI is InChI=1S/C15H19ClN4S/c1-11-5-4-8-20(9-11)14-12(16)6-3-7-13(14)19-15(21-2)18-10-17/h3,6-7,11H,4-5,8-9H2,1-2H3,(H,18,19). The van der Waals surface area contributed by atoms with Gasteiger partial charge in [0.15, 0.2) is 11.4 Å². The molecule has 112 valence electrons. The molecule has 0 saturated carbocycles. The Hall–Kier alpha value is -1.38. The van der Waals surface area contributed by atoms with Crippen LogP contribution in [-0.4, -0.2) is 24.5 Å². The van der Waals surface area contributed by atoms with E-state index in [4.69, 9.17) is 16.9 Å². The maximum Gasteiger partial charge on any atom is 0.183 e. The number of aliphatic imine (C=N–C) groups is 1. The number of hydrogen-bond donors (Lipinski definition) is 1. The molecule has 2 rings (SSSR count). The number of benzene rings is 1. The molecule has 1 aromatic rings. The smallest absolute Gasteiger partial charge is 0.183 e. The first-order chi connectivity index (χ1) is 10.2. The lowest BCUT2D eigenvalue weighted by Crippen LogP contribution is -2.34. The lowest BCUT2D eigenvalue weighted by molar-refractivity contribution is 0.447. The Balaban J connectivity index is 2.38. The van der Waals surface area contributed by atoms with Crippen molar-refractivity contribution >= 4 is 39.9 Å². The third kappa shape index (κ3) is 4.05. The van der Waals surface area contributed by atoms with Crippen molar-refractivity contribution in [1.29, 1.82) is 5.26 Å². The number of halogens is 1. The van der Waals surface area contributed by atoms with Gasteiger partial charge in [-0.05, 0) is 37.1 Å². The van der Waals surface area contributed by atoms with Gasteiger partial charge in [-0.25, -0.2) is 4.99 Å². The van der Waals surface area contributed by atoms with Gasteiger partial charge in [0.1, 0.15) is 0 Å². The van der Waals surface area contributed by atoms with Gasteiger partial charge in [0.05, 0.1) is 16.4 Å². The summed E-state index contributed by atoms with van der Waals surface area (Å²) in [4.78, 5) is 6.85. The monoisotopic (exact) mass is 322 g/mol. The van der Waals surface area contributed by atoms with Crippen LogP contribution in [0.2, 0.25) is 5.02 Å². The van der Waals surface area contributed by atoms with Crippen molar-refractivity contribution in [3.05, 3.63) is 23.2 Å². The number of anilines is 1. The highest BCUT2D eigenvalue weighted by Crippen LogP contribution is 2.38. The van der Waals surface area contributed by atoms with Gasteiger partial charge in [0.2, 0.25) is 0 Å². The Morgan fingerprint density at radius 3 is 3.05 bits per heavy atom. The van der Waals surface area contributed by atoms with E-state index in [9.17, 15) is 0 Å². The molecule has 0 spiro atoms. The zero-order chi connectivity index (χ0) is 15.2. The van der Waals surface area contributed by atoms with Gasteiger partial charge in [0, 0.05) is 13.1 Å². The van der Waals surface area contributed by atoms with E-state index < -0.39 is 0 Å². The van der Waals surface area contributed by atoms with E-state index in [-0.39, 0.29) is 0 Å². The minimum Gasteiger partial charge on any atom is -0.368 e. The molecular weight excluding hydrogens is 304 g/mol. The van der Waals surface area contributed by atoms with E-state index in [1.807, 2.05) is 30.6 Å². The molecule has 0 radical (unpaired) electrons. The van der Waals surface area contributed by atoms with Gasteiger partial charge in [-0.3, -0.25) is 5.32 Å². The van der Waals surface area contributed by atoms with Gasteiger partial charge in [-0.15, -0.1) is 0 Å². The number of nitriles is 1. The summed E-state index contributed by atoms with van der Waals surface area (Å²) in [6, 6.07) is 5.73. The van der Waals surface area contributed by atoms with Gasteiger partial charge < -0.3 is 4.90 Å². The minimum atomic E-state index is 0.575. The highest BCUT2D eigenvalue weighted by molar-refractivity contribution is 8.13. The Labute approximate surface area is 135 Å². The van der Waals surface area contributed by atoms with Crippen molar-refractivity contribution in [2.24, 2.45) is 10.9 Å². The number of amidine groups is 1. The van der Waals surface area contributed by atoms with Crippen LogP contribution in [0.4, 0.5) is 11.4 Å². The molecule has 1 aliphatic heterocycles. The molecule has 6 heteroatoms. The highest BCUT2D eigenvalue weighted by Gasteiger charge is 2.21. The third-order valence-corrected chi connectivity index (χ3v) is 4.40. The zero-order valence-corrected chi connectivity index (χ0v) is 13.8. The van der Waals surface area contributed by atoms with Gasteiger partial charge in [-0.2, -0.15) is 5.26 Å². The molecule has 1 unspecified atom stereocenters. The number of rotatable bonds is 2. The summed E-state index contributed by atoms with van der Waals surface area (Å²) in [5.41, 5.74) is 1.78. The molecule has 1 atom stereocenters. The molecule has 21 heavy (non-hydrogen) atoms. The highest BCUT2D eigenvalue weighted by atomic mass is 35.5. The Morgan fingerprint density at radius 2 is 2.38 bits per heavy atom. The third-order valence-electron chi connectivity index (χ3n) is 3.52. The van der Waals surface area contributed by atoms with Crippen LogP contribution in [-0.2, 0) is 0 Å². The molecule has 1 saturated heterocycles. The van der Waals surface area contributed by atoms with Crippen molar-refractivity contribution in [2.75, 3.05) is 24.2 Å². The van der Waals surface area contributed by atoms with Crippen LogP contribution in [0.15, 0.2) is 23.2 Å². The normalized spacial score (nSPS) is 19.2. The second kappa shape index (κ2) is 7.58. The van der Waals surface area contributed by atoms with E-state index in [0.717, 1.165) is 24.5 Å². The largest absolute Gasteiger partial charge is 0.368 e. The molecule has 4 nitrogen and oxygen atoms in total. The van der Waals surface area contributed by atoms with Crippen LogP contribution in [0.25, 0.3) is 0 Å². The van der Waals surface area contributed by atoms with Crippen molar-refractivity contribution in [3.8, 4) is 6.19 Å². The van der Waals surface area contributed by atoms with Crippen molar-refractivity contribution in [1.82, 2.24) is 5.32 Å². The number of para-hydroxylation sites is 1. The quantitative estimate of drug-likeness (QED) is 0.387. The second-order valence-electron chi connectivity index (χ2n) is 5.16. The second-order valence-corrected chi connectivity index (χ2v) is 6.36. The van der Waals surface area contributed by atoms with Crippen LogP contribution in [0.1, 0.15) is 19.8 Å². The van der Waals surface area contributed by atoms with Crippen LogP contribution < -0.4 is 10.2 Å². The summed E-state index contributed by atoms with van der Waals surface area (Å²) in [6.45, 7) is 4.25. The lowest BCUT2D eigenvalue weighted by Gasteiger charge is -2.34. The Bertz CT molecular complexity index is 567. The summed E-state index contributed by atoms with van der Waals surface area (Å²) in [7, 11) is 0. The van der Waals surface area contributed by atoms with Gasteiger partial charge in [0.25, 0.3) is 0 Å². The summed E-state index contributed by atoms with van der Waals surface area (Å²) >= 11 is 7.82. The summed E-state index contributed by atoms with van der Waals surface area (Å²) in [5.74, 6) is 0.657. The molecule has 0 aliphatic carbocycles.